The molecular weight excluding hydrogens is 375 g/mol. The first kappa shape index (κ1) is 14.3. The van der Waals surface area contributed by atoms with Gasteiger partial charge in [-0.2, -0.15) is 0 Å². The van der Waals surface area contributed by atoms with Crippen LogP contribution in [0.5, 0.6) is 0 Å². The molecule has 0 aliphatic carbocycles. The van der Waals surface area contributed by atoms with Gasteiger partial charge in [-0.05, 0) is 47.2 Å². The van der Waals surface area contributed by atoms with Crippen LogP contribution in [0.1, 0.15) is 11.3 Å². The summed E-state index contributed by atoms with van der Waals surface area (Å²) in [6, 6.07) is 6.07. The maximum absolute atomic E-state index is 11.2. The third-order valence-corrected chi connectivity index (χ3v) is 4.59. The molecule has 0 unspecified atom stereocenters. The van der Waals surface area contributed by atoms with Crippen LogP contribution in [0.3, 0.4) is 0 Å². The van der Waals surface area contributed by atoms with Crippen molar-refractivity contribution in [3.63, 3.8) is 0 Å². The molecule has 1 N–H and O–H groups in total. The second-order valence-electron chi connectivity index (χ2n) is 3.93. The van der Waals surface area contributed by atoms with E-state index in [4.69, 9.17) is 0 Å². The number of rotatable bonds is 4. The molecular formula is C13H13IN2O2S. The molecule has 4 nitrogen and oxygen atoms in total. The molecule has 1 aromatic heterocycles. The van der Waals surface area contributed by atoms with Crippen molar-refractivity contribution in [1.29, 1.82) is 0 Å². The lowest BCUT2D eigenvalue weighted by atomic mass is 10.2. The van der Waals surface area contributed by atoms with Crippen molar-refractivity contribution in [2.75, 3.05) is 12.4 Å². The second kappa shape index (κ2) is 6.33. The highest BCUT2D eigenvalue weighted by Gasteiger charge is 2.09. The molecule has 0 aliphatic heterocycles. The van der Waals surface area contributed by atoms with E-state index in [1.807, 2.05) is 17.5 Å². The zero-order valence-electron chi connectivity index (χ0n) is 10.6. The molecule has 100 valence electrons. The number of halogens is 1. The summed E-state index contributed by atoms with van der Waals surface area (Å²) in [7, 11) is 1.38. The molecule has 0 aliphatic rings. The van der Waals surface area contributed by atoms with E-state index in [1.165, 1.54) is 27.6 Å². The van der Waals surface area contributed by atoms with Crippen LogP contribution in [0.2, 0.25) is 0 Å². The number of esters is 1. The molecule has 0 fully saturated rings. The molecule has 0 saturated heterocycles. The van der Waals surface area contributed by atoms with Crippen molar-refractivity contribution >= 4 is 50.7 Å². The molecule has 0 radical (unpaired) electrons. The Hall–Kier alpha value is -1.15. The minimum Gasteiger partial charge on any atom is -0.469 e. The fraction of sp³-hybridized carbons (Fsp3) is 0.231. The summed E-state index contributed by atoms with van der Waals surface area (Å²) in [5.74, 6) is -0.276. The van der Waals surface area contributed by atoms with Gasteiger partial charge in [0, 0.05) is 14.6 Å². The molecule has 1 aromatic carbocycles. The van der Waals surface area contributed by atoms with Gasteiger partial charge in [0.05, 0.1) is 19.2 Å². The first-order valence-corrected chi connectivity index (χ1v) is 7.59. The van der Waals surface area contributed by atoms with Gasteiger partial charge in [-0.1, -0.05) is 6.07 Å². The fourth-order valence-electron chi connectivity index (χ4n) is 1.52. The average molecular weight is 388 g/mol. The monoisotopic (exact) mass is 388 g/mol. The number of nitrogens with one attached hydrogen (secondary N) is 1. The number of methoxy groups -OCH3 is 1. The average Bonchev–Trinajstić information content (AvgIpc) is 2.82. The van der Waals surface area contributed by atoms with Gasteiger partial charge in [0.15, 0.2) is 5.13 Å². The van der Waals surface area contributed by atoms with Crippen LogP contribution in [-0.2, 0) is 16.0 Å². The van der Waals surface area contributed by atoms with E-state index in [-0.39, 0.29) is 12.4 Å². The third-order valence-electron chi connectivity index (χ3n) is 2.61. The van der Waals surface area contributed by atoms with Crippen molar-refractivity contribution in [1.82, 2.24) is 4.98 Å². The number of ether oxygens (including phenoxy) is 1. The van der Waals surface area contributed by atoms with Gasteiger partial charge in [0.25, 0.3) is 0 Å². The van der Waals surface area contributed by atoms with E-state index in [1.54, 1.807) is 0 Å². The Bertz CT molecular complexity index is 598. The predicted octanol–water partition coefficient (Wildman–Crippen LogP) is 3.52. The van der Waals surface area contributed by atoms with Gasteiger partial charge in [0.2, 0.25) is 0 Å². The maximum atomic E-state index is 11.2. The van der Waals surface area contributed by atoms with E-state index in [0.29, 0.717) is 0 Å². The smallest absolute Gasteiger partial charge is 0.311 e. The lowest BCUT2D eigenvalue weighted by molar-refractivity contribution is -0.139. The second-order valence-corrected chi connectivity index (χ2v) is 5.95. The number of benzene rings is 1. The Labute approximate surface area is 129 Å². The number of hydrogen-bond donors (Lipinski definition) is 1. The highest BCUT2D eigenvalue weighted by molar-refractivity contribution is 14.1. The van der Waals surface area contributed by atoms with Crippen molar-refractivity contribution < 1.29 is 9.53 Å². The van der Waals surface area contributed by atoms with Gasteiger partial charge in [-0.25, -0.2) is 4.98 Å². The number of thiazole rings is 1. The number of aromatic nitrogens is 1. The highest BCUT2D eigenvalue weighted by atomic mass is 127. The van der Waals surface area contributed by atoms with Gasteiger partial charge in [-0.3, -0.25) is 4.79 Å². The van der Waals surface area contributed by atoms with Crippen LogP contribution < -0.4 is 5.32 Å². The number of anilines is 2. The number of carbonyl (C=O) groups excluding carboxylic acids is 1. The number of hydrogen-bond acceptors (Lipinski definition) is 5. The van der Waals surface area contributed by atoms with Crippen LogP contribution in [0.25, 0.3) is 0 Å². The largest absolute Gasteiger partial charge is 0.469 e. The molecule has 0 amide bonds. The van der Waals surface area contributed by atoms with E-state index >= 15 is 0 Å². The summed E-state index contributed by atoms with van der Waals surface area (Å²) in [6.45, 7) is 2.06. The first-order valence-electron chi connectivity index (χ1n) is 5.63. The minimum atomic E-state index is -0.276. The van der Waals surface area contributed by atoms with Crippen molar-refractivity contribution in [3.05, 3.63) is 38.4 Å². The fourth-order valence-corrected chi connectivity index (χ4v) is 2.74. The summed E-state index contributed by atoms with van der Waals surface area (Å²) in [5.41, 5.74) is 2.95. The van der Waals surface area contributed by atoms with E-state index < -0.39 is 0 Å². The molecule has 1 heterocycles. The zero-order chi connectivity index (χ0) is 13.8. The Morgan fingerprint density at radius 2 is 2.32 bits per heavy atom. The van der Waals surface area contributed by atoms with Crippen LogP contribution in [-0.4, -0.2) is 18.1 Å². The van der Waals surface area contributed by atoms with E-state index in [9.17, 15) is 4.79 Å². The topological polar surface area (TPSA) is 51.2 Å². The van der Waals surface area contributed by atoms with Crippen LogP contribution in [0.15, 0.2) is 23.6 Å². The molecule has 0 spiro atoms. The standard InChI is InChI=1S/C13H13IN2O2S/c1-8-10(14)4-3-5-11(8)16-13-15-9(7-19-13)6-12(17)18-2/h3-5,7H,6H2,1-2H3,(H,15,16). The van der Waals surface area contributed by atoms with Crippen molar-refractivity contribution in [2.45, 2.75) is 13.3 Å². The molecule has 2 aromatic rings. The Morgan fingerprint density at radius 1 is 1.53 bits per heavy atom. The Kier molecular flexibility index (Phi) is 4.76. The summed E-state index contributed by atoms with van der Waals surface area (Å²) in [4.78, 5) is 15.5. The molecule has 2 rings (SSSR count). The number of nitrogens with zero attached hydrogens (tertiary/aromatic N) is 1. The first-order chi connectivity index (χ1) is 9.10. The van der Waals surface area contributed by atoms with Gasteiger partial charge < -0.3 is 10.1 Å². The lowest BCUT2D eigenvalue weighted by Gasteiger charge is -2.07. The maximum Gasteiger partial charge on any atom is 0.311 e. The van der Waals surface area contributed by atoms with E-state index in [2.05, 4.69) is 50.6 Å². The highest BCUT2D eigenvalue weighted by Crippen LogP contribution is 2.26. The van der Waals surface area contributed by atoms with Crippen molar-refractivity contribution in [2.24, 2.45) is 0 Å². The quantitative estimate of drug-likeness (QED) is 0.644. The van der Waals surface area contributed by atoms with Gasteiger partial charge >= 0.3 is 5.97 Å². The van der Waals surface area contributed by atoms with E-state index in [0.717, 1.165) is 16.5 Å². The van der Waals surface area contributed by atoms with Crippen LogP contribution >= 0.6 is 33.9 Å². The summed E-state index contributed by atoms with van der Waals surface area (Å²) in [5, 5.41) is 5.92. The Morgan fingerprint density at radius 3 is 3.05 bits per heavy atom. The van der Waals surface area contributed by atoms with Crippen LogP contribution in [0.4, 0.5) is 10.8 Å². The molecule has 6 heteroatoms. The SMILES string of the molecule is COC(=O)Cc1csc(Nc2cccc(I)c2C)n1. The summed E-state index contributed by atoms with van der Waals surface area (Å²) >= 11 is 3.78. The van der Waals surface area contributed by atoms with Gasteiger partial charge in [0.1, 0.15) is 0 Å². The molecule has 19 heavy (non-hydrogen) atoms. The van der Waals surface area contributed by atoms with Crippen LogP contribution in [0, 0.1) is 10.5 Å². The molecule has 0 saturated carbocycles. The summed E-state index contributed by atoms with van der Waals surface area (Å²) in [6.07, 6.45) is 0.208. The third kappa shape index (κ3) is 3.66. The summed E-state index contributed by atoms with van der Waals surface area (Å²) < 4.78 is 5.82. The van der Waals surface area contributed by atoms with Gasteiger partial charge in [-0.15, -0.1) is 11.3 Å². The predicted molar refractivity (Wildman–Crippen MR) is 85.0 cm³/mol. The minimum absolute atomic E-state index is 0.208. The Balaban J connectivity index is 2.11. The molecule has 0 bridgehead atoms. The number of carbonyl (C=O) groups is 1. The van der Waals surface area contributed by atoms with Crippen molar-refractivity contribution in [3.8, 4) is 0 Å². The lowest BCUT2D eigenvalue weighted by Crippen LogP contribution is -2.04. The normalized spacial score (nSPS) is 10.3. The molecule has 0 atom stereocenters. The zero-order valence-corrected chi connectivity index (χ0v) is 13.5.